The lowest BCUT2D eigenvalue weighted by atomic mass is 9.97. The maximum absolute atomic E-state index is 11.1. The summed E-state index contributed by atoms with van der Waals surface area (Å²) in [7, 11) is 0. The van der Waals surface area contributed by atoms with Crippen molar-refractivity contribution in [2.45, 2.75) is 12.5 Å². The third-order valence-corrected chi connectivity index (χ3v) is 4.00. The average molecular weight is 413 g/mol. The Hall–Kier alpha value is -2.07. The first-order chi connectivity index (χ1) is 10.5. The second kappa shape index (κ2) is 7.27. The molecule has 0 bridgehead atoms. The summed E-state index contributed by atoms with van der Waals surface area (Å²) in [6.45, 7) is 0. The van der Waals surface area contributed by atoms with Gasteiger partial charge in [-0.1, -0.05) is 36.4 Å². The fourth-order valence-corrected chi connectivity index (χ4v) is 2.79. The predicted molar refractivity (Wildman–Crippen MR) is 89.8 cm³/mol. The van der Waals surface area contributed by atoms with Crippen LogP contribution in [0, 0.1) is 20.2 Å². The monoisotopic (exact) mass is 413 g/mol. The van der Waals surface area contributed by atoms with E-state index in [2.05, 4.69) is 3.53 Å². The highest BCUT2D eigenvalue weighted by Crippen LogP contribution is 2.30. The molecule has 0 aliphatic heterocycles. The Kier molecular flexibility index (Phi) is 5.39. The number of hydrogen-bond acceptors (Lipinski definition) is 5. The van der Waals surface area contributed by atoms with E-state index in [-0.39, 0.29) is 17.8 Å². The van der Waals surface area contributed by atoms with Gasteiger partial charge in [0.25, 0.3) is 11.4 Å². The quantitative estimate of drug-likeness (QED) is 0.337. The van der Waals surface area contributed by atoms with Gasteiger partial charge in [0.15, 0.2) is 0 Å². The second-order valence-electron chi connectivity index (χ2n) is 4.57. The van der Waals surface area contributed by atoms with Crippen LogP contribution in [0.25, 0.3) is 0 Å². The van der Waals surface area contributed by atoms with Crippen LogP contribution < -0.4 is 3.53 Å². The first-order valence-corrected chi connectivity index (χ1v) is 7.44. The summed E-state index contributed by atoms with van der Waals surface area (Å²) < 4.78 is 2.97. The van der Waals surface area contributed by atoms with E-state index >= 15 is 0 Å². The highest BCUT2D eigenvalue weighted by atomic mass is 127. The van der Waals surface area contributed by atoms with Crippen molar-refractivity contribution >= 4 is 34.2 Å². The Balaban J connectivity index is 2.39. The van der Waals surface area contributed by atoms with Crippen LogP contribution in [-0.4, -0.2) is 9.85 Å². The molecule has 0 fully saturated rings. The van der Waals surface area contributed by atoms with Gasteiger partial charge in [-0.2, -0.15) is 0 Å². The molecule has 1 unspecified atom stereocenters. The topological polar surface area (TPSA) is 98.3 Å². The number of halogens is 1. The summed E-state index contributed by atoms with van der Waals surface area (Å²) in [6, 6.07) is 12.4. The predicted octanol–water partition coefficient (Wildman–Crippen LogP) is 3.73. The molecule has 0 heterocycles. The molecule has 0 saturated heterocycles. The standard InChI is InChI=1S/C14H12IN3O4/c15-16-12(11-6-2-4-8-14(11)18(21)22)9-10-5-1-3-7-13(10)17(19)20/h1-8,12,16H,9H2. The highest BCUT2D eigenvalue weighted by molar-refractivity contribution is 14.1. The molecular weight excluding hydrogens is 401 g/mol. The lowest BCUT2D eigenvalue weighted by Crippen LogP contribution is -2.16. The largest absolute Gasteiger partial charge is 0.274 e. The lowest BCUT2D eigenvalue weighted by molar-refractivity contribution is -0.386. The zero-order valence-electron chi connectivity index (χ0n) is 11.3. The molecule has 2 aromatic carbocycles. The van der Waals surface area contributed by atoms with Crippen LogP contribution in [0.3, 0.4) is 0 Å². The van der Waals surface area contributed by atoms with Gasteiger partial charge in [0, 0.05) is 46.1 Å². The molecule has 2 rings (SSSR count). The number of nitrogens with zero attached hydrogens (tertiary/aromatic N) is 2. The molecule has 2 aromatic rings. The van der Waals surface area contributed by atoms with Crippen molar-refractivity contribution in [3.8, 4) is 0 Å². The van der Waals surface area contributed by atoms with E-state index in [0.29, 0.717) is 11.1 Å². The summed E-state index contributed by atoms with van der Waals surface area (Å²) in [5.74, 6) is 0. The van der Waals surface area contributed by atoms with E-state index in [1.54, 1.807) is 36.4 Å². The van der Waals surface area contributed by atoms with Crippen molar-refractivity contribution < 1.29 is 9.85 Å². The van der Waals surface area contributed by atoms with Crippen LogP contribution in [0.1, 0.15) is 17.2 Å². The Labute approximate surface area is 140 Å². The third kappa shape index (κ3) is 3.57. The molecule has 0 aromatic heterocycles. The SMILES string of the molecule is O=[N+]([O-])c1ccccc1CC(NI)c1ccccc1[N+](=O)[O-]. The van der Waals surface area contributed by atoms with Crippen LogP contribution in [0.5, 0.6) is 0 Å². The van der Waals surface area contributed by atoms with Crippen molar-refractivity contribution in [2.75, 3.05) is 0 Å². The van der Waals surface area contributed by atoms with Gasteiger partial charge in [0.1, 0.15) is 0 Å². The fourth-order valence-electron chi connectivity index (χ4n) is 2.24. The van der Waals surface area contributed by atoms with E-state index in [1.165, 1.54) is 12.1 Å². The summed E-state index contributed by atoms with van der Waals surface area (Å²) >= 11 is 1.91. The summed E-state index contributed by atoms with van der Waals surface area (Å²) in [5.41, 5.74) is 1.04. The van der Waals surface area contributed by atoms with Gasteiger partial charge in [-0.15, -0.1) is 0 Å². The number of nitrogens with one attached hydrogen (secondary N) is 1. The van der Waals surface area contributed by atoms with Gasteiger partial charge in [0.05, 0.1) is 15.9 Å². The summed E-state index contributed by atoms with van der Waals surface area (Å²) in [4.78, 5) is 21.3. The van der Waals surface area contributed by atoms with E-state index in [0.717, 1.165) is 0 Å². The van der Waals surface area contributed by atoms with E-state index in [9.17, 15) is 20.2 Å². The van der Waals surface area contributed by atoms with E-state index < -0.39 is 15.9 Å². The van der Waals surface area contributed by atoms with Crippen molar-refractivity contribution in [1.82, 2.24) is 3.53 Å². The maximum Gasteiger partial charge on any atom is 0.274 e. The van der Waals surface area contributed by atoms with Crippen LogP contribution in [0.4, 0.5) is 11.4 Å². The first kappa shape index (κ1) is 16.3. The van der Waals surface area contributed by atoms with Gasteiger partial charge in [-0.3, -0.25) is 23.8 Å². The minimum atomic E-state index is -0.449. The molecule has 8 heteroatoms. The molecule has 0 amide bonds. The average Bonchev–Trinajstić information content (AvgIpc) is 2.52. The van der Waals surface area contributed by atoms with Crippen molar-refractivity contribution in [2.24, 2.45) is 0 Å². The highest BCUT2D eigenvalue weighted by Gasteiger charge is 2.24. The molecule has 0 radical (unpaired) electrons. The Morgan fingerprint density at radius 2 is 1.50 bits per heavy atom. The van der Waals surface area contributed by atoms with Gasteiger partial charge in [0.2, 0.25) is 0 Å². The molecule has 0 aliphatic rings. The Morgan fingerprint density at radius 3 is 2.09 bits per heavy atom. The zero-order valence-corrected chi connectivity index (χ0v) is 13.5. The molecule has 114 valence electrons. The van der Waals surface area contributed by atoms with Gasteiger partial charge >= 0.3 is 0 Å². The molecule has 0 spiro atoms. The van der Waals surface area contributed by atoms with Crippen LogP contribution in [-0.2, 0) is 6.42 Å². The van der Waals surface area contributed by atoms with Crippen LogP contribution in [0.2, 0.25) is 0 Å². The molecule has 1 N–H and O–H groups in total. The van der Waals surface area contributed by atoms with Crippen LogP contribution >= 0.6 is 22.9 Å². The molecule has 7 nitrogen and oxygen atoms in total. The lowest BCUT2D eigenvalue weighted by Gasteiger charge is -2.15. The van der Waals surface area contributed by atoms with Gasteiger partial charge in [-0.25, -0.2) is 0 Å². The molecule has 0 aliphatic carbocycles. The number of rotatable bonds is 6. The van der Waals surface area contributed by atoms with Crippen molar-refractivity contribution in [3.05, 3.63) is 79.9 Å². The minimum Gasteiger partial charge on any atom is -0.258 e. The minimum absolute atomic E-state index is 0.00440. The maximum atomic E-state index is 11.1. The zero-order chi connectivity index (χ0) is 16.1. The second-order valence-corrected chi connectivity index (χ2v) is 5.19. The molecule has 0 saturated carbocycles. The summed E-state index contributed by atoms with van der Waals surface area (Å²) in [5, 5.41) is 22.2. The third-order valence-electron chi connectivity index (χ3n) is 3.25. The smallest absolute Gasteiger partial charge is 0.258 e. The number of hydrogen-bond donors (Lipinski definition) is 1. The number of nitro groups is 2. The number of nitro benzene ring substituents is 2. The normalized spacial score (nSPS) is 11.9. The van der Waals surface area contributed by atoms with E-state index in [4.69, 9.17) is 0 Å². The first-order valence-electron chi connectivity index (χ1n) is 6.36. The molecule has 22 heavy (non-hydrogen) atoms. The molecule has 1 atom stereocenters. The van der Waals surface area contributed by atoms with Gasteiger partial charge < -0.3 is 0 Å². The molecular formula is C14H12IN3O4. The number of para-hydroxylation sites is 2. The fraction of sp³-hybridized carbons (Fsp3) is 0.143. The number of benzene rings is 2. The van der Waals surface area contributed by atoms with Crippen LogP contribution in [0.15, 0.2) is 48.5 Å². The van der Waals surface area contributed by atoms with E-state index in [1.807, 2.05) is 22.9 Å². The van der Waals surface area contributed by atoms with Gasteiger partial charge in [-0.05, 0) is 6.42 Å². The van der Waals surface area contributed by atoms with Crippen molar-refractivity contribution in [3.63, 3.8) is 0 Å². The Morgan fingerprint density at radius 1 is 0.955 bits per heavy atom. The van der Waals surface area contributed by atoms with Crippen molar-refractivity contribution in [1.29, 1.82) is 0 Å². The summed E-state index contributed by atoms with van der Waals surface area (Å²) in [6.07, 6.45) is 0.283. The Bertz CT molecular complexity index is 708.